The molecule has 0 aliphatic rings. The lowest BCUT2D eigenvalue weighted by molar-refractivity contribution is -0.138. The average Bonchev–Trinajstić information content (AvgIpc) is 2.96. The summed E-state index contributed by atoms with van der Waals surface area (Å²) >= 11 is 0. The number of carbonyl (C=O) groups excluding carboxylic acids is 2. The van der Waals surface area contributed by atoms with E-state index in [1.54, 1.807) is 36.4 Å². The van der Waals surface area contributed by atoms with Crippen LogP contribution in [0.15, 0.2) is 110 Å². The van der Waals surface area contributed by atoms with Crippen molar-refractivity contribution < 1.29 is 28.9 Å². The van der Waals surface area contributed by atoms with Crippen LogP contribution in [0, 0.1) is 0 Å². The summed E-state index contributed by atoms with van der Waals surface area (Å²) in [5.41, 5.74) is 1.57. The first kappa shape index (κ1) is 24.6. The van der Waals surface area contributed by atoms with Gasteiger partial charge in [0.2, 0.25) is 0 Å². The molecule has 0 aliphatic carbocycles. The van der Waals surface area contributed by atoms with Gasteiger partial charge in [-0.2, -0.15) is 0 Å². The third-order valence-electron chi connectivity index (χ3n) is 6.10. The van der Waals surface area contributed by atoms with Gasteiger partial charge in [0, 0.05) is 17.2 Å². The summed E-state index contributed by atoms with van der Waals surface area (Å²) in [4.78, 5) is 24.3. The van der Waals surface area contributed by atoms with Crippen LogP contribution in [0.4, 0.5) is 0 Å². The first-order valence-electron chi connectivity index (χ1n) is 12.0. The first-order valence-corrected chi connectivity index (χ1v) is 12.0. The molecule has 0 atom stereocenters. The number of benzene rings is 5. The Balaban J connectivity index is 1.45. The van der Waals surface area contributed by atoms with Crippen LogP contribution in [-0.4, -0.2) is 30.3 Å². The maximum absolute atomic E-state index is 13.2. The number of hydrogen-bond acceptors (Lipinski definition) is 6. The highest BCUT2D eigenvalue weighted by molar-refractivity contribution is 6.10. The Hall–Kier alpha value is -5.10. The second kappa shape index (κ2) is 10.9. The topological polar surface area (TPSA) is 82.1 Å². The molecule has 0 bridgehead atoms. The Bertz CT molecular complexity index is 1650. The molecule has 5 rings (SSSR count). The molecule has 0 heterocycles. The normalized spacial score (nSPS) is 10.7. The van der Waals surface area contributed by atoms with Crippen molar-refractivity contribution in [2.45, 2.75) is 0 Å². The highest BCUT2D eigenvalue weighted by Gasteiger charge is 2.20. The van der Waals surface area contributed by atoms with Gasteiger partial charge in [-0.15, -0.1) is 0 Å². The van der Waals surface area contributed by atoms with Crippen molar-refractivity contribution in [3.05, 3.63) is 115 Å². The number of fused-ring (bicyclic) bond motifs is 2. The molecular formula is C32H24O6. The number of ether oxygens (including phenoxy) is 3. The van der Waals surface area contributed by atoms with Gasteiger partial charge in [-0.05, 0) is 57.9 Å². The fourth-order valence-corrected chi connectivity index (χ4v) is 4.32. The molecule has 0 saturated carbocycles. The lowest BCUT2D eigenvalue weighted by Crippen LogP contribution is -2.11. The van der Waals surface area contributed by atoms with Crippen molar-refractivity contribution in [1.82, 2.24) is 0 Å². The van der Waals surface area contributed by atoms with E-state index in [9.17, 15) is 14.7 Å². The quantitative estimate of drug-likeness (QED) is 0.110. The van der Waals surface area contributed by atoms with Crippen LogP contribution in [0.2, 0.25) is 0 Å². The van der Waals surface area contributed by atoms with Gasteiger partial charge in [0.1, 0.15) is 30.5 Å². The molecule has 38 heavy (non-hydrogen) atoms. The molecule has 5 aromatic carbocycles. The van der Waals surface area contributed by atoms with Crippen molar-refractivity contribution in [1.29, 1.82) is 0 Å². The van der Waals surface area contributed by atoms with Gasteiger partial charge < -0.3 is 19.3 Å². The Morgan fingerprint density at radius 2 is 1.37 bits per heavy atom. The van der Waals surface area contributed by atoms with E-state index in [4.69, 9.17) is 14.2 Å². The van der Waals surface area contributed by atoms with Crippen LogP contribution in [0.25, 0.3) is 32.7 Å². The Labute approximate surface area is 219 Å². The minimum Gasteiger partial charge on any atom is -0.507 e. The summed E-state index contributed by atoms with van der Waals surface area (Å²) in [5, 5.41) is 14.6. The Kier molecular flexibility index (Phi) is 7.04. The van der Waals surface area contributed by atoms with Crippen molar-refractivity contribution in [3.63, 3.8) is 0 Å². The lowest BCUT2D eigenvalue weighted by Gasteiger charge is -2.17. The van der Waals surface area contributed by atoms with Gasteiger partial charge in [0.15, 0.2) is 0 Å². The lowest BCUT2D eigenvalue weighted by atomic mass is 9.92. The molecule has 0 radical (unpaired) electrons. The van der Waals surface area contributed by atoms with E-state index >= 15 is 0 Å². The highest BCUT2D eigenvalue weighted by Crippen LogP contribution is 2.45. The molecule has 0 fully saturated rings. The van der Waals surface area contributed by atoms with Crippen LogP contribution in [0.1, 0.15) is 10.4 Å². The molecular weight excluding hydrogens is 480 g/mol. The molecule has 0 aromatic heterocycles. The molecule has 6 nitrogen and oxygen atoms in total. The third-order valence-corrected chi connectivity index (χ3v) is 6.10. The van der Waals surface area contributed by atoms with Crippen molar-refractivity contribution in [2.75, 3.05) is 13.2 Å². The monoisotopic (exact) mass is 504 g/mol. The highest BCUT2D eigenvalue weighted by atomic mass is 16.6. The Morgan fingerprint density at radius 3 is 2.05 bits per heavy atom. The fourth-order valence-electron chi connectivity index (χ4n) is 4.32. The molecule has 0 spiro atoms. The number of phenols is 1. The average molecular weight is 505 g/mol. The number of rotatable bonds is 8. The molecule has 0 unspecified atom stereocenters. The van der Waals surface area contributed by atoms with Crippen LogP contribution in [0.5, 0.6) is 17.2 Å². The van der Waals surface area contributed by atoms with E-state index in [-0.39, 0.29) is 19.0 Å². The van der Waals surface area contributed by atoms with Crippen molar-refractivity contribution in [3.8, 4) is 28.4 Å². The van der Waals surface area contributed by atoms with E-state index in [1.165, 1.54) is 0 Å². The molecule has 6 heteroatoms. The van der Waals surface area contributed by atoms with Gasteiger partial charge in [0.25, 0.3) is 0 Å². The fraction of sp³-hybridized carbons (Fsp3) is 0.0625. The second-order valence-corrected chi connectivity index (χ2v) is 8.47. The van der Waals surface area contributed by atoms with Crippen LogP contribution in [0.3, 0.4) is 0 Å². The SMILES string of the molecule is C=CC(=O)OCCOc1ccc(C(=O)Oc2ccc3ccccc3c2-c2c(O)ccc3ccccc23)cc1. The summed E-state index contributed by atoms with van der Waals surface area (Å²) in [5.74, 6) is -0.116. The summed E-state index contributed by atoms with van der Waals surface area (Å²) in [6, 6.07) is 29.2. The van der Waals surface area contributed by atoms with E-state index in [0.29, 0.717) is 28.2 Å². The van der Waals surface area contributed by atoms with Crippen LogP contribution < -0.4 is 9.47 Å². The smallest absolute Gasteiger partial charge is 0.343 e. The van der Waals surface area contributed by atoms with Crippen LogP contribution >= 0.6 is 0 Å². The Morgan fingerprint density at radius 1 is 0.737 bits per heavy atom. The number of phenolic OH excluding ortho intramolecular Hbond substituents is 1. The predicted molar refractivity (Wildman–Crippen MR) is 147 cm³/mol. The van der Waals surface area contributed by atoms with E-state index in [0.717, 1.165) is 27.6 Å². The number of aromatic hydroxyl groups is 1. The molecule has 5 aromatic rings. The number of carbonyl (C=O) groups is 2. The zero-order valence-corrected chi connectivity index (χ0v) is 20.4. The summed E-state index contributed by atoms with van der Waals surface area (Å²) in [6.45, 7) is 3.59. The summed E-state index contributed by atoms with van der Waals surface area (Å²) in [7, 11) is 0. The van der Waals surface area contributed by atoms with Gasteiger partial charge in [-0.1, -0.05) is 67.2 Å². The minimum atomic E-state index is -0.548. The summed E-state index contributed by atoms with van der Waals surface area (Å²) < 4.78 is 16.3. The molecule has 1 N–H and O–H groups in total. The second-order valence-electron chi connectivity index (χ2n) is 8.47. The van der Waals surface area contributed by atoms with Crippen LogP contribution in [-0.2, 0) is 9.53 Å². The number of esters is 2. The zero-order valence-electron chi connectivity index (χ0n) is 20.4. The van der Waals surface area contributed by atoms with Crippen molar-refractivity contribution >= 4 is 33.5 Å². The minimum absolute atomic E-state index is 0.0837. The summed E-state index contributed by atoms with van der Waals surface area (Å²) in [6.07, 6.45) is 1.09. The van der Waals surface area contributed by atoms with E-state index < -0.39 is 11.9 Å². The van der Waals surface area contributed by atoms with Gasteiger partial charge in [-0.3, -0.25) is 0 Å². The van der Waals surface area contributed by atoms with E-state index in [2.05, 4.69) is 6.58 Å². The molecule has 0 saturated heterocycles. The molecule has 0 amide bonds. The first-order chi connectivity index (χ1) is 18.5. The standard InChI is InChI=1S/C32H24O6/c1-2-29(34)37-20-19-36-24-15-11-23(12-16-24)32(35)38-28-18-14-22-8-4-6-10-26(22)31(28)30-25-9-5-3-7-21(25)13-17-27(30)33/h2-18,33H,1,19-20H2. The molecule has 0 aliphatic heterocycles. The van der Waals surface area contributed by atoms with Crippen molar-refractivity contribution in [2.24, 2.45) is 0 Å². The number of hydrogen-bond donors (Lipinski definition) is 1. The maximum atomic E-state index is 13.2. The zero-order chi connectivity index (χ0) is 26.5. The molecule has 188 valence electrons. The third kappa shape index (κ3) is 5.06. The maximum Gasteiger partial charge on any atom is 0.343 e. The largest absolute Gasteiger partial charge is 0.507 e. The van der Waals surface area contributed by atoms with Gasteiger partial charge in [-0.25, -0.2) is 9.59 Å². The predicted octanol–water partition coefficient (Wildman–Crippen LogP) is 6.69. The van der Waals surface area contributed by atoms with E-state index in [1.807, 2.05) is 60.7 Å². The van der Waals surface area contributed by atoms with Gasteiger partial charge >= 0.3 is 11.9 Å². The van der Waals surface area contributed by atoms with Gasteiger partial charge in [0.05, 0.1) is 5.56 Å².